The Balaban J connectivity index is 4.24. The van der Waals surface area contributed by atoms with Gasteiger partial charge in [0.2, 0.25) is 0 Å². The van der Waals surface area contributed by atoms with Crippen LogP contribution in [0.25, 0.3) is 0 Å². The summed E-state index contributed by atoms with van der Waals surface area (Å²) in [4.78, 5) is 65.2. The van der Waals surface area contributed by atoms with E-state index in [1.165, 1.54) is 6.92 Å². The maximum Gasteiger partial charge on any atom is 0.472 e. The molecule has 0 fully saturated rings. The van der Waals surface area contributed by atoms with Gasteiger partial charge in [0.15, 0.2) is 0 Å². The maximum absolute atomic E-state index is 11.8. The molecule has 0 heterocycles. The van der Waals surface area contributed by atoms with E-state index in [4.69, 9.17) is 14.9 Å². The third kappa shape index (κ3) is 27.0. The van der Waals surface area contributed by atoms with Crippen molar-refractivity contribution in [1.82, 2.24) is 0 Å². The third-order valence-electron chi connectivity index (χ3n) is 4.48. The molecule has 7 unspecified atom stereocenters. The van der Waals surface area contributed by atoms with Crippen LogP contribution in [0.2, 0.25) is 0 Å². The summed E-state index contributed by atoms with van der Waals surface area (Å²) in [6.45, 7) is -4.49. The highest BCUT2D eigenvalue weighted by atomic mass is 31.2. The average Bonchev–Trinajstić information content (AvgIpc) is 2.94. The number of aliphatic hydroxyl groups is 1. The molecule has 0 aromatic heterocycles. The van der Waals surface area contributed by atoms with Crippen LogP contribution in [0, 0.1) is 0 Å². The fraction of sp³-hybridized carbons (Fsp3) is 1.00. The molecule has 0 amide bonds. The quantitative estimate of drug-likeness (QED) is 0.0374. The second-order valence-electron chi connectivity index (χ2n) is 8.25. The minimum absolute atomic E-state index is 0.000466. The smallest absolute Gasteiger partial charge is 0.394 e. The summed E-state index contributed by atoms with van der Waals surface area (Å²) in [5, 5.41) is 8.96. The number of phosphoric acid groups is 6. The molecular weight excluding hydrogens is 778 g/mol. The lowest BCUT2D eigenvalue weighted by atomic mass is 10.3. The summed E-state index contributed by atoms with van der Waals surface area (Å²) in [5.74, 6) is 0. The molecule has 8 N–H and O–H groups in total. The Bertz CT molecular complexity index is 1170. The summed E-state index contributed by atoms with van der Waals surface area (Å²) in [7, 11) is -28.7. The van der Waals surface area contributed by atoms with E-state index in [0.717, 1.165) is 0 Å². The molecule has 0 spiro atoms. The number of aliphatic hydroxyl groups excluding tert-OH is 1. The van der Waals surface area contributed by atoms with Crippen molar-refractivity contribution in [1.29, 1.82) is 0 Å². The zero-order valence-corrected chi connectivity index (χ0v) is 30.2. The van der Waals surface area contributed by atoms with E-state index in [1.54, 1.807) is 6.92 Å². The van der Waals surface area contributed by atoms with Gasteiger partial charge in [0.1, 0.15) is 0 Å². The van der Waals surface area contributed by atoms with Crippen molar-refractivity contribution in [3.63, 3.8) is 0 Å². The van der Waals surface area contributed by atoms with Gasteiger partial charge < -0.3 is 39.4 Å². The van der Waals surface area contributed by atoms with Crippen molar-refractivity contribution >= 4 is 46.9 Å². The van der Waals surface area contributed by atoms with Crippen molar-refractivity contribution in [2.75, 3.05) is 66.1 Å². The van der Waals surface area contributed by atoms with Crippen LogP contribution in [0.5, 0.6) is 0 Å². The number of phosphoric ester groups is 6. The fourth-order valence-electron chi connectivity index (χ4n) is 2.42. The van der Waals surface area contributed by atoms with Crippen LogP contribution >= 0.6 is 46.9 Å². The highest BCUT2D eigenvalue weighted by Gasteiger charge is 2.30. The Morgan fingerprint density at radius 2 is 0.702 bits per heavy atom. The van der Waals surface area contributed by atoms with Gasteiger partial charge in [0, 0.05) is 0 Å². The molecular formula is C16H40O25P6. The standard InChI is InChI=1S/C16H40O25P6/c1-3-15(13-17)41-47(29,30)38-12-11-36-45(25,26)34-8-7-32-43(21,22)31-5-6-33-44(23,24)35-9-10-37-46(27,28)39-14-16(4-2)40-42(18,19)20/h15-17H,3-14H2,1-2H3,(H,21,22)(H,23,24)(H,25,26)(H,27,28)(H,29,30)(H2,18,19,20). The summed E-state index contributed by atoms with van der Waals surface area (Å²) >= 11 is 0. The molecule has 0 aliphatic rings. The Kier molecular flexibility index (Phi) is 22.8. The first-order valence-electron chi connectivity index (χ1n) is 12.9. The van der Waals surface area contributed by atoms with E-state index in [9.17, 15) is 51.9 Å². The lowest BCUT2D eigenvalue weighted by Gasteiger charge is -2.19. The zero-order valence-electron chi connectivity index (χ0n) is 24.8. The van der Waals surface area contributed by atoms with Crippen molar-refractivity contribution in [3.8, 4) is 0 Å². The highest BCUT2D eigenvalue weighted by molar-refractivity contribution is 7.48. The van der Waals surface area contributed by atoms with Gasteiger partial charge in [-0.2, -0.15) is 0 Å². The van der Waals surface area contributed by atoms with Gasteiger partial charge in [-0.15, -0.1) is 0 Å². The zero-order chi connectivity index (χ0) is 36.4. The normalized spacial score (nSPS) is 20.3. The van der Waals surface area contributed by atoms with Gasteiger partial charge in [0.05, 0.1) is 78.3 Å². The third-order valence-corrected chi connectivity index (χ3v) is 10.2. The first kappa shape index (κ1) is 47.6. The Labute approximate surface area is 268 Å². The predicted molar refractivity (Wildman–Crippen MR) is 152 cm³/mol. The van der Waals surface area contributed by atoms with Crippen molar-refractivity contribution in [2.24, 2.45) is 0 Å². The SMILES string of the molecule is CCC(COP(=O)(O)OCCOP(=O)(O)OCCOP(=O)(O)OCCOP(=O)(O)OCCOP(=O)(O)OC(CC)CO)OP(=O)(O)O. The highest BCUT2D eigenvalue weighted by Crippen LogP contribution is 2.49. The van der Waals surface area contributed by atoms with Crippen molar-refractivity contribution < 1.29 is 117 Å². The minimum Gasteiger partial charge on any atom is -0.394 e. The van der Waals surface area contributed by atoms with Crippen LogP contribution in [0.3, 0.4) is 0 Å². The van der Waals surface area contributed by atoms with E-state index in [2.05, 4.69) is 49.8 Å². The second-order valence-corrected chi connectivity index (χ2v) is 16.7. The maximum atomic E-state index is 11.8. The van der Waals surface area contributed by atoms with E-state index < -0.39 is 125 Å². The second kappa shape index (κ2) is 22.5. The van der Waals surface area contributed by atoms with Crippen LogP contribution < -0.4 is 0 Å². The molecule has 31 heteroatoms. The Morgan fingerprint density at radius 1 is 0.426 bits per heavy atom. The van der Waals surface area contributed by atoms with Crippen LogP contribution in [-0.2, 0) is 77.2 Å². The van der Waals surface area contributed by atoms with Gasteiger partial charge in [-0.05, 0) is 12.8 Å². The molecule has 47 heavy (non-hydrogen) atoms. The van der Waals surface area contributed by atoms with Crippen LogP contribution in [0.15, 0.2) is 0 Å². The van der Waals surface area contributed by atoms with Gasteiger partial charge >= 0.3 is 46.9 Å². The molecule has 0 bridgehead atoms. The summed E-state index contributed by atoms with van der Waals surface area (Å²) in [6, 6.07) is 0. The fourth-order valence-corrected chi connectivity index (χ4v) is 6.77. The van der Waals surface area contributed by atoms with Crippen molar-refractivity contribution in [2.45, 2.75) is 38.9 Å². The molecule has 7 atom stereocenters. The number of rotatable bonds is 30. The predicted octanol–water partition coefficient (Wildman–Crippen LogP) is 1.31. The number of hydrogen-bond donors (Lipinski definition) is 8. The molecule has 0 aromatic carbocycles. The van der Waals surface area contributed by atoms with Gasteiger partial charge in [0.25, 0.3) is 0 Å². The monoisotopic (exact) mass is 818 g/mol. The molecule has 0 radical (unpaired) electrons. The van der Waals surface area contributed by atoms with Gasteiger partial charge in [-0.1, -0.05) is 13.8 Å². The van der Waals surface area contributed by atoms with E-state index >= 15 is 0 Å². The summed E-state index contributed by atoms with van der Waals surface area (Å²) in [6.07, 6.45) is -2.03. The average molecular weight is 818 g/mol. The topological polar surface area (TPSA) is 366 Å². The molecule has 25 nitrogen and oxygen atoms in total. The summed E-state index contributed by atoms with van der Waals surface area (Å²) in [5.41, 5.74) is 0. The Hall–Kier alpha value is 0.620. The summed E-state index contributed by atoms with van der Waals surface area (Å²) < 4.78 is 119. The lowest BCUT2D eigenvalue weighted by Crippen LogP contribution is -2.17. The molecule has 284 valence electrons. The van der Waals surface area contributed by atoms with E-state index in [1.807, 2.05) is 0 Å². The molecule has 0 saturated heterocycles. The van der Waals surface area contributed by atoms with E-state index in [-0.39, 0.29) is 12.8 Å². The van der Waals surface area contributed by atoms with Gasteiger partial charge in [-0.25, -0.2) is 27.4 Å². The first-order chi connectivity index (χ1) is 21.5. The first-order valence-corrected chi connectivity index (χ1v) is 21.9. The lowest BCUT2D eigenvalue weighted by molar-refractivity contribution is 0.0521. The van der Waals surface area contributed by atoms with Crippen LogP contribution in [-0.4, -0.2) is 118 Å². The molecule has 0 aliphatic carbocycles. The van der Waals surface area contributed by atoms with Crippen LogP contribution in [0.1, 0.15) is 26.7 Å². The minimum atomic E-state index is -4.89. The number of hydrogen-bond acceptors (Lipinski definition) is 18. The molecule has 0 saturated carbocycles. The molecule has 0 rings (SSSR count). The van der Waals surface area contributed by atoms with Crippen LogP contribution in [0.4, 0.5) is 0 Å². The molecule has 0 aromatic rings. The Morgan fingerprint density at radius 3 is 0.957 bits per heavy atom. The van der Waals surface area contributed by atoms with Crippen molar-refractivity contribution in [3.05, 3.63) is 0 Å². The van der Waals surface area contributed by atoms with E-state index in [0.29, 0.717) is 0 Å². The molecule has 0 aliphatic heterocycles. The van der Waals surface area contributed by atoms with Gasteiger partial charge in [-0.3, -0.25) is 49.8 Å². The largest absolute Gasteiger partial charge is 0.472 e.